The molecule has 23 heavy (non-hydrogen) atoms. The Hall–Kier alpha value is -3.29. The minimum absolute atomic E-state index is 0.113. The van der Waals surface area contributed by atoms with E-state index in [1.807, 2.05) is 0 Å². The molecule has 0 unspecified atom stereocenters. The second kappa shape index (κ2) is 5.16. The van der Waals surface area contributed by atoms with Crippen molar-refractivity contribution in [1.82, 2.24) is 15.3 Å². The van der Waals surface area contributed by atoms with Gasteiger partial charge in [0.15, 0.2) is 11.4 Å². The number of aliphatic imine (C=N–C) groups is 1. The van der Waals surface area contributed by atoms with Crippen molar-refractivity contribution in [2.45, 2.75) is 0 Å². The van der Waals surface area contributed by atoms with Gasteiger partial charge < -0.3 is 10.1 Å². The summed E-state index contributed by atoms with van der Waals surface area (Å²) in [4.78, 5) is 37.3. The van der Waals surface area contributed by atoms with E-state index in [-0.39, 0.29) is 17.6 Å². The minimum atomic E-state index is -0.558. The topological polar surface area (TPSA) is 96.8 Å². The number of aromatic nitrogens is 2. The van der Waals surface area contributed by atoms with Crippen molar-refractivity contribution in [3.63, 3.8) is 0 Å². The van der Waals surface area contributed by atoms with E-state index < -0.39 is 5.97 Å². The van der Waals surface area contributed by atoms with Gasteiger partial charge in [-0.15, -0.1) is 0 Å². The largest absolute Gasteiger partial charge is 0.400 e. The lowest BCUT2D eigenvalue weighted by Crippen LogP contribution is -2.27. The summed E-state index contributed by atoms with van der Waals surface area (Å²) in [5, 5.41) is 2.74. The quantitative estimate of drug-likeness (QED) is 0.842. The second-order valence-electron chi connectivity index (χ2n) is 4.96. The summed E-state index contributed by atoms with van der Waals surface area (Å²) in [5.74, 6) is -0.429. The van der Waals surface area contributed by atoms with E-state index in [1.165, 1.54) is 12.4 Å². The highest BCUT2D eigenvalue weighted by Crippen LogP contribution is 2.24. The van der Waals surface area contributed by atoms with Gasteiger partial charge in [0.05, 0.1) is 5.69 Å². The SMILES string of the molecule is O=C1O/C(=N\c2ccc(N3CCNC3=O)cc2)c2nccnc21. The van der Waals surface area contributed by atoms with E-state index >= 15 is 0 Å². The fourth-order valence-corrected chi connectivity index (χ4v) is 2.45. The normalized spacial score (nSPS) is 18.1. The number of fused-ring (bicyclic) bond motifs is 1. The zero-order chi connectivity index (χ0) is 15.8. The molecule has 0 bridgehead atoms. The molecule has 1 fully saturated rings. The summed E-state index contributed by atoms with van der Waals surface area (Å²) < 4.78 is 5.09. The van der Waals surface area contributed by atoms with Gasteiger partial charge in [0.1, 0.15) is 0 Å². The molecule has 3 heterocycles. The predicted octanol–water partition coefficient (Wildman–Crippen LogP) is 1.25. The maximum atomic E-state index is 11.7. The summed E-state index contributed by atoms with van der Waals surface area (Å²) in [5.41, 5.74) is 1.87. The van der Waals surface area contributed by atoms with Crippen LogP contribution < -0.4 is 10.2 Å². The van der Waals surface area contributed by atoms with Crippen molar-refractivity contribution in [1.29, 1.82) is 0 Å². The Morgan fingerprint density at radius 3 is 2.52 bits per heavy atom. The lowest BCUT2D eigenvalue weighted by atomic mass is 10.2. The molecular weight excluding hydrogens is 298 g/mol. The highest BCUT2D eigenvalue weighted by atomic mass is 16.5. The summed E-state index contributed by atoms with van der Waals surface area (Å²) in [6.45, 7) is 1.27. The van der Waals surface area contributed by atoms with Crippen LogP contribution in [-0.4, -0.2) is 41.0 Å². The monoisotopic (exact) mass is 309 g/mol. The van der Waals surface area contributed by atoms with E-state index in [0.717, 1.165) is 5.69 Å². The van der Waals surface area contributed by atoms with Crippen molar-refractivity contribution in [3.05, 3.63) is 48.0 Å². The van der Waals surface area contributed by atoms with Crippen LogP contribution in [0.1, 0.15) is 16.2 Å². The molecule has 8 nitrogen and oxygen atoms in total. The van der Waals surface area contributed by atoms with Crippen LogP contribution in [0.3, 0.4) is 0 Å². The lowest BCUT2D eigenvalue weighted by Gasteiger charge is -2.13. The summed E-state index contributed by atoms with van der Waals surface area (Å²) in [6.07, 6.45) is 2.91. The molecule has 1 aromatic heterocycles. The average Bonchev–Trinajstić information content (AvgIpc) is 3.13. The molecule has 2 amide bonds. The highest BCUT2D eigenvalue weighted by Gasteiger charge is 2.30. The Bertz CT molecular complexity index is 831. The smallest absolute Gasteiger partial charge is 0.366 e. The number of cyclic esters (lactones) is 1. The average molecular weight is 309 g/mol. The van der Waals surface area contributed by atoms with Crippen molar-refractivity contribution in [3.8, 4) is 0 Å². The molecule has 114 valence electrons. The number of hydrogen-bond donors (Lipinski definition) is 1. The molecular formula is C15H11N5O3. The predicted molar refractivity (Wildman–Crippen MR) is 80.8 cm³/mol. The van der Waals surface area contributed by atoms with Crippen molar-refractivity contribution < 1.29 is 14.3 Å². The number of carbonyl (C=O) groups is 2. The number of rotatable bonds is 2. The Labute approximate surface area is 130 Å². The molecule has 1 saturated heterocycles. The molecule has 2 aliphatic heterocycles. The van der Waals surface area contributed by atoms with Gasteiger partial charge in [0.2, 0.25) is 0 Å². The first-order chi connectivity index (χ1) is 11.2. The van der Waals surface area contributed by atoms with Gasteiger partial charge in [-0.1, -0.05) is 0 Å². The van der Waals surface area contributed by atoms with Crippen LogP contribution in [0.2, 0.25) is 0 Å². The summed E-state index contributed by atoms with van der Waals surface area (Å²) >= 11 is 0. The van der Waals surface area contributed by atoms with Crippen LogP contribution in [0.5, 0.6) is 0 Å². The molecule has 4 rings (SSSR count). The van der Waals surface area contributed by atoms with Gasteiger partial charge in [-0.2, -0.15) is 0 Å². The maximum absolute atomic E-state index is 11.7. The maximum Gasteiger partial charge on any atom is 0.366 e. The Morgan fingerprint density at radius 2 is 1.83 bits per heavy atom. The fourth-order valence-electron chi connectivity index (χ4n) is 2.45. The molecule has 0 aliphatic carbocycles. The van der Waals surface area contributed by atoms with E-state index in [0.29, 0.717) is 24.5 Å². The number of hydrogen-bond acceptors (Lipinski definition) is 6. The number of esters is 1. The fraction of sp³-hybridized carbons (Fsp3) is 0.133. The molecule has 0 atom stereocenters. The summed E-state index contributed by atoms with van der Waals surface area (Å²) in [7, 11) is 0. The number of ether oxygens (including phenoxy) is 1. The first-order valence-electron chi connectivity index (χ1n) is 7.00. The molecule has 0 radical (unpaired) electrons. The zero-order valence-corrected chi connectivity index (χ0v) is 11.9. The van der Waals surface area contributed by atoms with Crippen LogP contribution in [0.15, 0.2) is 41.7 Å². The van der Waals surface area contributed by atoms with Crippen molar-refractivity contribution in [2.24, 2.45) is 4.99 Å². The van der Waals surface area contributed by atoms with Gasteiger partial charge in [-0.25, -0.2) is 24.5 Å². The van der Waals surface area contributed by atoms with Crippen LogP contribution >= 0.6 is 0 Å². The summed E-state index contributed by atoms with van der Waals surface area (Å²) in [6, 6.07) is 6.96. The van der Waals surface area contributed by atoms with Crippen LogP contribution in [0.4, 0.5) is 16.2 Å². The molecule has 8 heteroatoms. The number of urea groups is 1. The van der Waals surface area contributed by atoms with Crippen molar-refractivity contribution >= 4 is 29.3 Å². The van der Waals surface area contributed by atoms with Gasteiger partial charge in [0.25, 0.3) is 5.90 Å². The number of nitrogens with zero attached hydrogens (tertiary/aromatic N) is 4. The third-order valence-electron chi connectivity index (χ3n) is 3.53. The number of nitrogens with one attached hydrogen (secondary N) is 1. The second-order valence-corrected chi connectivity index (χ2v) is 4.96. The standard InChI is InChI=1S/C15H11N5O3/c21-14-12-11(16-5-6-17-12)13(23-14)19-9-1-3-10(4-2-9)20-8-7-18-15(20)22/h1-6H,7-8H2,(H,18,22)/b19-13-. The van der Waals surface area contributed by atoms with Gasteiger partial charge in [-0.3, -0.25) is 4.90 Å². The molecule has 1 N–H and O–H groups in total. The zero-order valence-electron chi connectivity index (χ0n) is 11.9. The third kappa shape index (κ3) is 2.30. The first kappa shape index (κ1) is 13.4. The lowest BCUT2D eigenvalue weighted by molar-refractivity contribution is 0.0732. The number of carbonyl (C=O) groups excluding carboxylic acids is 2. The van der Waals surface area contributed by atoms with Gasteiger partial charge in [-0.05, 0) is 24.3 Å². The van der Waals surface area contributed by atoms with E-state index in [2.05, 4.69) is 20.3 Å². The van der Waals surface area contributed by atoms with E-state index in [4.69, 9.17) is 4.74 Å². The number of anilines is 1. The van der Waals surface area contributed by atoms with Crippen LogP contribution in [0.25, 0.3) is 0 Å². The van der Waals surface area contributed by atoms with E-state index in [9.17, 15) is 9.59 Å². The minimum Gasteiger partial charge on any atom is -0.400 e. The van der Waals surface area contributed by atoms with Crippen LogP contribution in [-0.2, 0) is 4.74 Å². The molecule has 0 spiro atoms. The third-order valence-corrected chi connectivity index (χ3v) is 3.53. The van der Waals surface area contributed by atoms with Crippen molar-refractivity contribution in [2.75, 3.05) is 18.0 Å². The Kier molecular flexibility index (Phi) is 3.00. The molecule has 2 aromatic rings. The number of benzene rings is 1. The molecule has 1 aromatic carbocycles. The van der Waals surface area contributed by atoms with Gasteiger partial charge >= 0.3 is 12.0 Å². The van der Waals surface area contributed by atoms with E-state index in [1.54, 1.807) is 29.2 Å². The highest BCUT2D eigenvalue weighted by molar-refractivity contribution is 6.15. The Morgan fingerprint density at radius 1 is 1.09 bits per heavy atom. The Balaban J connectivity index is 1.63. The first-order valence-corrected chi connectivity index (χ1v) is 7.00. The molecule has 2 aliphatic rings. The van der Waals surface area contributed by atoms with Crippen LogP contribution in [0, 0.1) is 0 Å². The molecule has 0 saturated carbocycles. The number of amides is 2. The van der Waals surface area contributed by atoms with Gasteiger partial charge in [0, 0.05) is 31.2 Å².